The smallest absolute Gasteiger partial charge is 0.191 e. The molecule has 5 heteroatoms. The Labute approximate surface area is 134 Å². The summed E-state index contributed by atoms with van der Waals surface area (Å²) in [5.41, 5.74) is 7.54. The van der Waals surface area contributed by atoms with Crippen LogP contribution in [0.4, 0.5) is 0 Å². The summed E-state index contributed by atoms with van der Waals surface area (Å²) in [7, 11) is 2.15. The maximum atomic E-state index is 6.10. The first-order valence-electron chi connectivity index (χ1n) is 7.17. The lowest BCUT2D eigenvalue weighted by molar-refractivity contribution is 0.358. The standard InChI is InChI=1S/C14H26N4.HI/c1-17-10-6-13(7-11-17)12-16-14(15)18-8-4-2-3-5-9-18;/h6H,2-5,7-12H2,1H3,(H2,15,16);1H. The topological polar surface area (TPSA) is 44.9 Å². The third-order valence-electron chi connectivity index (χ3n) is 3.88. The second-order valence-corrected chi connectivity index (χ2v) is 5.45. The molecule has 2 aliphatic rings. The molecule has 19 heavy (non-hydrogen) atoms. The predicted octanol–water partition coefficient (Wildman–Crippen LogP) is 2.06. The number of likely N-dealkylation sites (tertiary alicyclic amines) is 1. The number of nitrogens with two attached hydrogens (primary N) is 1. The summed E-state index contributed by atoms with van der Waals surface area (Å²) in [5.74, 6) is 0.747. The van der Waals surface area contributed by atoms with Gasteiger partial charge in [-0.15, -0.1) is 24.0 Å². The lowest BCUT2D eigenvalue weighted by Crippen LogP contribution is -2.38. The van der Waals surface area contributed by atoms with E-state index in [-0.39, 0.29) is 24.0 Å². The van der Waals surface area contributed by atoms with E-state index < -0.39 is 0 Å². The fourth-order valence-corrected chi connectivity index (χ4v) is 2.54. The van der Waals surface area contributed by atoms with E-state index in [1.54, 1.807) is 0 Å². The van der Waals surface area contributed by atoms with E-state index in [0.717, 1.165) is 45.1 Å². The summed E-state index contributed by atoms with van der Waals surface area (Å²) in [5, 5.41) is 0. The Balaban J connectivity index is 0.00000180. The van der Waals surface area contributed by atoms with Crippen molar-refractivity contribution in [3.05, 3.63) is 11.6 Å². The largest absolute Gasteiger partial charge is 0.370 e. The first-order chi connectivity index (χ1) is 8.75. The van der Waals surface area contributed by atoms with Crippen molar-refractivity contribution >= 4 is 29.9 Å². The molecule has 110 valence electrons. The van der Waals surface area contributed by atoms with Gasteiger partial charge in [-0.2, -0.15) is 0 Å². The molecular weight excluding hydrogens is 351 g/mol. The van der Waals surface area contributed by atoms with Crippen LogP contribution in [0, 0.1) is 0 Å². The quantitative estimate of drug-likeness (QED) is 0.346. The third-order valence-corrected chi connectivity index (χ3v) is 3.88. The number of hydrogen-bond donors (Lipinski definition) is 1. The molecular formula is C14H27IN4. The molecule has 1 fully saturated rings. The van der Waals surface area contributed by atoms with E-state index in [1.165, 1.54) is 31.3 Å². The third kappa shape index (κ3) is 5.69. The average Bonchev–Trinajstić information content (AvgIpc) is 2.66. The van der Waals surface area contributed by atoms with Crippen molar-refractivity contribution in [2.24, 2.45) is 10.7 Å². The van der Waals surface area contributed by atoms with E-state index in [1.807, 2.05) is 0 Å². The molecule has 0 unspecified atom stereocenters. The van der Waals surface area contributed by atoms with Gasteiger partial charge in [0.2, 0.25) is 0 Å². The molecule has 0 bridgehead atoms. The van der Waals surface area contributed by atoms with Crippen molar-refractivity contribution in [3.8, 4) is 0 Å². The molecule has 2 aliphatic heterocycles. The van der Waals surface area contributed by atoms with Gasteiger partial charge in [0.1, 0.15) is 0 Å². The number of rotatable bonds is 2. The van der Waals surface area contributed by atoms with Gasteiger partial charge in [-0.25, -0.2) is 4.99 Å². The first kappa shape index (κ1) is 16.8. The summed E-state index contributed by atoms with van der Waals surface area (Å²) < 4.78 is 0. The van der Waals surface area contributed by atoms with Crippen LogP contribution in [0.25, 0.3) is 0 Å². The molecule has 0 aromatic carbocycles. The Bertz CT molecular complexity index is 319. The van der Waals surface area contributed by atoms with Crippen LogP contribution in [0.15, 0.2) is 16.6 Å². The molecule has 0 aliphatic carbocycles. The highest BCUT2D eigenvalue weighted by atomic mass is 127. The summed E-state index contributed by atoms with van der Waals surface area (Å²) in [6, 6.07) is 0. The predicted molar refractivity (Wildman–Crippen MR) is 92.1 cm³/mol. The SMILES string of the molecule is CN1CC=C(CN=C(N)N2CCCCCC2)CC1.I. The molecule has 0 amide bonds. The molecule has 0 atom stereocenters. The Morgan fingerprint density at radius 2 is 1.89 bits per heavy atom. The number of aliphatic imine (C=N–C) groups is 1. The second-order valence-electron chi connectivity index (χ2n) is 5.45. The van der Waals surface area contributed by atoms with Gasteiger partial charge in [-0.3, -0.25) is 0 Å². The maximum absolute atomic E-state index is 6.10. The lowest BCUT2D eigenvalue weighted by atomic mass is 10.1. The van der Waals surface area contributed by atoms with Gasteiger partial charge in [0.25, 0.3) is 0 Å². The van der Waals surface area contributed by atoms with Crippen molar-refractivity contribution in [1.82, 2.24) is 9.80 Å². The fourth-order valence-electron chi connectivity index (χ4n) is 2.54. The van der Waals surface area contributed by atoms with Crippen LogP contribution >= 0.6 is 24.0 Å². The van der Waals surface area contributed by atoms with Crippen LogP contribution in [-0.2, 0) is 0 Å². The summed E-state index contributed by atoms with van der Waals surface area (Å²) in [6.07, 6.45) is 8.60. The maximum Gasteiger partial charge on any atom is 0.191 e. The van der Waals surface area contributed by atoms with Gasteiger partial charge in [-0.1, -0.05) is 24.5 Å². The minimum Gasteiger partial charge on any atom is -0.370 e. The first-order valence-corrected chi connectivity index (χ1v) is 7.17. The molecule has 0 aromatic heterocycles. The minimum atomic E-state index is 0. The van der Waals surface area contributed by atoms with E-state index in [9.17, 15) is 0 Å². The zero-order chi connectivity index (χ0) is 12.8. The average molecular weight is 378 g/mol. The monoisotopic (exact) mass is 378 g/mol. The summed E-state index contributed by atoms with van der Waals surface area (Å²) >= 11 is 0. The second kappa shape index (κ2) is 8.79. The fraction of sp³-hybridized carbons (Fsp3) is 0.786. The highest BCUT2D eigenvalue weighted by Gasteiger charge is 2.11. The van der Waals surface area contributed by atoms with E-state index >= 15 is 0 Å². The molecule has 2 heterocycles. The van der Waals surface area contributed by atoms with Crippen molar-refractivity contribution in [2.75, 3.05) is 39.8 Å². The molecule has 1 saturated heterocycles. The minimum absolute atomic E-state index is 0. The number of nitrogens with zero attached hydrogens (tertiary/aromatic N) is 3. The summed E-state index contributed by atoms with van der Waals surface area (Å²) in [4.78, 5) is 9.15. The highest BCUT2D eigenvalue weighted by molar-refractivity contribution is 14.0. The molecule has 0 saturated carbocycles. The Morgan fingerprint density at radius 1 is 1.21 bits per heavy atom. The Hall–Kier alpha value is -0.300. The van der Waals surface area contributed by atoms with Crippen LogP contribution in [0.3, 0.4) is 0 Å². The molecule has 0 radical (unpaired) electrons. The van der Waals surface area contributed by atoms with Gasteiger partial charge >= 0.3 is 0 Å². The zero-order valence-electron chi connectivity index (χ0n) is 12.0. The van der Waals surface area contributed by atoms with E-state index in [2.05, 4.69) is 27.9 Å². The van der Waals surface area contributed by atoms with Gasteiger partial charge in [0.05, 0.1) is 6.54 Å². The molecule has 2 N–H and O–H groups in total. The van der Waals surface area contributed by atoms with Crippen LogP contribution in [0.5, 0.6) is 0 Å². The van der Waals surface area contributed by atoms with Crippen LogP contribution < -0.4 is 5.73 Å². The van der Waals surface area contributed by atoms with Crippen molar-refractivity contribution in [2.45, 2.75) is 32.1 Å². The van der Waals surface area contributed by atoms with Gasteiger partial charge in [0.15, 0.2) is 5.96 Å². The van der Waals surface area contributed by atoms with E-state index in [4.69, 9.17) is 5.73 Å². The number of guanidine groups is 1. The number of hydrogen-bond acceptors (Lipinski definition) is 2. The van der Waals surface area contributed by atoms with Gasteiger partial charge < -0.3 is 15.5 Å². The molecule has 0 aromatic rings. The van der Waals surface area contributed by atoms with Crippen molar-refractivity contribution in [1.29, 1.82) is 0 Å². The Morgan fingerprint density at radius 3 is 2.47 bits per heavy atom. The highest BCUT2D eigenvalue weighted by Crippen LogP contribution is 2.11. The van der Waals surface area contributed by atoms with E-state index in [0.29, 0.717) is 0 Å². The van der Waals surface area contributed by atoms with Gasteiger partial charge in [0, 0.05) is 26.2 Å². The normalized spacial score (nSPS) is 22.5. The molecule has 4 nitrogen and oxygen atoms in total. The van der Waals surface area contributed by atoms with Crippen molar-refractivity contribution < 1.29 is 0 Å². The van der Waals surface area contributed by atoms with Gasteiger partial charge in [-0.05, 0) is 26.3 Å². The summed E-state index contributed by atoms with van der Waals surface area (Å²) in [6.45, 7) is 5.14. The number of halogens is 1. The molecule has 2 rings (SSSR count). The van der Waals surface area contributed by atoms with Crippen molar-refractivity contribution in [3.63, 3.8) is 0 Å². The zero-order valence-corrected chi connectivity index (χ0v) is 14.3. The van der Waals surface area contributed by atoms with Crippen LogP contribution in [0.2, 0.25) is 0 Å². The molecule has 0 spiro atoms. The number of likely N-dealkylation sites (N-methyl/N-ethyl adjacent to an activating group) is 1. The van der Waals surface area contributed by atoms with Crippen LogP contribution in [-0.4, -0.2) is 55.5 Å². The lowest BCUT2D eigenvalue weighted by Gasteiger charge is -2.23. The van der Waals surface area contributed by atoms with Crippen LogP contribution in [0.1, 0.15) is 32.1 Å². The Kier molecular flexibility index (Phi) is 7.75.